The van der Waals surface area contributed by atoms with Crippen molar-refractivity contribution in [3.63, 3.8) is 0 Å². The highest BCUT2D eigenvalue weighted by molar-refractivity contribution is 5.82. The van der Waals surface area contributed by atoms with Gasteiger partial charge in [0.25, 0.3) is 0 Å². The van der Waals surface area contributed by atoms with Crippen LogP contribution in [0, 0.1) is 5.82 Å². The molecule has 0 spiro atoms. The van der Waals surface area contributed by atoms with Crippen LogP contribution in [-0.2, 0) is 11.3 Å². The van der Waals surface area contributed by atoms with Gasteiger partial charge in [0.2, 0.25) is 0 Å². The molecule has 0 aliphatic rings. The monoisotopic (exact) mass is 270 g/mol. The van der Waals surface area contributed by atoms with E-state index >= 15 is 0 Å². The van der Waals surface area contributed by atoms with Crippen LogP contribution in [0.1, 0.15) is 12.0 Å². The first kappa shape index (κ1) is 14.9. The number of hydrogen-bond acceptors (Lipinski definition) is 3. The highest BCUT2D eigenvalue weighted by atomic mass is 19.1. The summed E-state index contributed by atoms with van der Waals surface area (Å²) in [6, 6.07) is 3.85. The molecule has 1 rings (SSSR count). The van der Waals surface area contributed by atoms with Crippen molar-refractivity contribution in [2.45, 2.75) is 19.0 Å². The van der Waals surface area contributed by atoms with Crippen molar-refractivity contribution >= 4 is 12.0 Å². The van der Waals surface area contributed by atoms with E-state index < -0.39 is 23.9 Å². The lowest BCUT2D eigenvalue weighted by Gasteiger charge is -2.14. The van der Waals surface area contributed by atoms with Gasteiger partial charge in [-0.3, -0.25) is 0 Å². The molecular formula is C12H15FN2O4. The molecule has 0 aliphatic carbocycles. The minimum absolute atomic E-state index is 0.0784. The van der Waals surface area contributed by atoms with E-state index in [9.17, 15) is 14.0 Å². The second kappa shape index (κ2) is 7.32. The van der Waals surface area contributed by atoms with E-state index in [-0.39, 0.29) is 19.6 Å². The first-order valence-corrected chi connectivity index (χ1v) is 5.65. The van der Waals surface area contributed by atoms with Crippen molar-refractivity contribution in [1.82, 2.24) is 10.6 Å². The van der Waals surface area contributed by atoms with Gasteiger partial charge in [0, 0.05) is 19.6 Å². The van der Waals surface area contributed by atoms with Crippen LogP contribution in [0.2, 0.25) is 0 Å². The largest absolute Gasteiger partial charge is 0.480 e. The SMILES string of the molecule is O=C(NCc1cccc(F)c1)N[C@@H](CCO)C(=O)O. The summed E-state index contributed by atoms with van der Waals surface area (Å²) in [4.78, 5) is 22.2. The van der Waals surface area contributed by atoms with Crippen molar-refractivity contribution in [3.8, 4) is 0 Å². The molecule has 1 atom stereocenters. The molecular weight excluding hydrogens is 255 g/mol. The van der Waals surface area contributed by atoms with Crippen LogP contribution in [0.4, 0.5) is 9.18 Å². The second-order valence-corrected chi connectivity index (χ2v) is 3.86. The Morgan fingerprint density at radius 1 is 1.37 bits per heavy atom. The minimum Gasteiger partial charge on any atom is -0.480 e. The standard InChI is InChI=1S/C12H15FN2O4/c13-9-3-1-2-8(6-9)7-14-12(19)15-10(4-5-16)11(17)18/h1-3,6,10,16H,4-5,7H2,(H,17,18)(H2,14,15,19)/t10-/m0/s1. The third-order valence-corrected chi connectivity index (χ3v) is 2.36. The first-order chi connectivity index (χ1) is 9.02. The molecule has 0 saturated heterocycles. The molecule has 19 heavy (non-hydrogen) atoms. The molecule has 0 unspecified atom stereocenters. The molecule has 1 aromatic rings. The Hall–Kier alpha value is -2.15. The van der Waals surface area contributed by atoms with E-state index in [1.165, 1.54) is 18.2 Å². The maximum absolute atomic E-state index is 12.9. The van der Waals surface area contributed by atoms with Gasteiger partial charge in [0.1, 0.15) is 11.9 Å². The minimum atomic E-state index is -1.23. The van der Waals surface area contributed by atoms with Gasteiger partial charge in [-0.15, -0.1) is 0 Å². The number of amides is 2. The summed E-state index contributed by atoms with van der Waals surface area (Å²) in [7, 11) is 0. The van der Waals surface area contributed by atoms with Crippen LogP contribution in [0.5, 0.6) is 0 Å². The maximum atomic E-state index is 12.9. The summed E-state index contributed by atoms with van der Waals surface area (Å²) in [6.07, 6.45) is -0.0806. The van der Waals surface area contributed by atoms with Crippen molar-refractivity contribution in [2.75, 3.05) is 6.61 Å². The normalized spacial score (nSPS) is 11.7. The molecule has 4 N–H and O–H groups in total. The van der Waals surface area contributed by atoms with Crippen LogP contribution < -0.4 is 10.6 Å². The molecule has 0 aromatic heterocycles. The number of urea groups is 1. The van der Waals surface area contributed by atoms with E-state index in [1.54, 1.807) is 6.07 Å². The first-order valence-electron chi connectivity index (χ1n) is 5.65. The van der Waals surface area contributed by atoms with Gasteiger partial charge >= 0.3 is 12.0 Å². The fraction of sp³-hybridized carbons (Fsp3) is 0.333. The number of aliphatic hydroxyl groups excluding tert-OH is 1. The quantitative estimate of drug-likeness (QED) is 0.603. The predicted octanol–water partition coefficient (Wildman–Crippen LogP) is 0.460. The van der Waals surface area contributed by atoms with Gasteiger partial charge in [-0.25, -0.2) is 14.0 Å². The summed E-state index contributed by atoms with van der Waals surface area (Å²) in [5.41, 5.74) is 0.559. The van der Waals surface area contributed by atoms with E-state index in [0.717, 1.165) is 0 Å². The summed E-state index contributed by atoms with van der Waals surface area (Å²) in [5.74, 6) is -1.64. The molecule has 0 heterocycles. The maximum Gasteiger partial charge on any atom is 0.326 e. The lowest BCUT2D eigenvalue weighted by molar-refractivity contribution is -0.139. The Labute approximate surface area is 109 Å². The second-order valence-electron chi connectivity index (χ2n) is 3.86. The fourth-order valence-corrected chi connectivity index (χ4v) is 1.43. The van der Waals surface area contributed by atoms with Gasteiger partial charge in [-0.1, -0.05) is 12.1 Å². The summed E-state index contributed by atoms with van der Waals surface area (Å²) in [6.45, 7) is -0.268. The van der Waals surface area contributed by atoms with Crippen molar-refractivity contribution in [1.29, 1.82) is 0 Å². The Balaban J connectivity index is 2.44. The van der Waals surface area contributed by atoms with Crippen LogP contribution >= 0.6 is 0 Å². The Kier molecular flexibility index (Phi) is 5.74. The third kappa shape index (κ3) is 5.35. The topological polar surface area (TPSA) is 98.7 Å². The predicted molar refractivity (Wildman–Crippen MR) is 64.9 cm³/mol. The highest BCUT2D eigenvalue weighted by Crippen LogP contribution is 2.02. The molecule has 0 saturated carbocycles. The fourth-order valence-electron chi connectivity index (χ4n) is 1.43. The number of nitrogens with one attached hydrogen (secondary N) is 2. The lowest BCUT2D eigenvalue weighted by Crippen LogP contribution is -2.46. The van der Waals surface area contributed by atoms with Gasteiger partial charge < -0.3 is 20.8 Å². The molecule has 0 radical (unpaired) electrons. The highest BCUT2D eigenvalue weighted by Gasteiger charge is 2.18. The Bertz CT molecular complexity index is 453. The molecule has 0 bridgehead atoms. The molecule has 1 aromatic carbocycles. The van der Waals surface area contributed by atoms with Crippen molar-refractivity contribution < 1.29 is 24.2 Å². The molecule has 0 aliphatic heterocycles. The Morgan fingerprint density at radius 3 is 2.68 bits per heavy atom. The van der Waals surface area contributed by atoms with Gasteiger partial charge in [0.15, 0.2) is 0 Å². The van der Waals surface area contributed by atoms with Gasteiger partial charge in [0.05, 0.1) is 0 Å². The summed E-state index contributed by atoms with van der Waals surface area (Å²) >= 11 is 0. The smallest absolute Gasteiger partial charge is 0.326 e. The Morgan fingerprint density at radius 2 is 2.11 bits per heavy atom. The molecule has 7 heteroatoms. The van der Waals surface area contributed by atoms with E-state index in [0.29, 0.717) is 5.56 Å². The molecule has 0 fully saturated rings. The van der Waals surface area contributed by atoms with E-state index in [1.807, 2.05) is 0 Å². The zero-order valence-electron chi connectivity index (χ0n) is 10.1. The summed E-state index contributed by atoms with van der Waals surface area (Å²) < 4.78 is 12.9. The number of rotatable bonds is 6. The van der Waals surface area contributed by atoms with Gasteiger partial charge in [-0.2, -0.15) is 0 Å². The number of carbonyl (C=O) groups excluding carboxylic acids is 1. The molecule has 6 nitrogen and oxygen atoms in total. The summed E-state index contributed by atoms with van der Waals surface area (Å²) in [5, 5.41) is 22.0. The van der Waals surface area contributed by atoms with Gasteiger partial charge in [-0.05, 0) is 17.7 Å². The lowest BCUT2D eigenvalue weighted by atomic mass is 10.2. The van der Waals surface area contributed by atoms with Crippen molar-refractivity contribution in [2.24, 2.45) is 0 Å². The van der Waals surface area contributed by atoms with E-state index in [2.05, 4.69) is 10.6 Å². The molecule has 104 valence electrons. The van der Waals surface area contributed by atoms with Crippen LogP contribution in [0.25, 0.3) is 0 Å². The van der Waals surface area contributed by atoms with Crippen LogP contribution in [0.15, 0.2) is 24.3 Å². The van der Waals surface area contributed by atoms with Crippen LogP contribution in [0.3, 0.4) is 0 Å². The number of aliphatic carboxylic acids is 1. The van der Waals surface area contributed by atoms with Crippen molar-refractivity contribution in [3.05, 3.63) is 35.6 Å². The zero-order chi connectivity index (χ0) is 14.3. The number of hydrogen-bond donors (Lipinski definition) is 4. The number of carboxylic acids is 1. The third-order valence-electron chi connectivity index (χ3n) is 2.36. The average Bonchev–Trinajstić information content (AvgIpc) is 2.36. The number of halogens is 1. The number of carbonyl (C=O) groups is 2. The van der Waals surface area contributed by atoms with Crippen LogP contribution in [-0.4, -0.2) is 34.9 Å². The number of benzene rings is 1. The number of carboxylic acid groups (broad SMARTS) is 1. The average molecular weight is 270 g/mol. The zero-order valence-corrected chi connectivity index (χ0v) is 10.1. The van der Waals surface area contributed by atoms with E-state index in [4.69, 9.17) is 10.2 Å². The number of aliphatic hydroxyl groups is 1. The molecule has 2 amide bonds.